The molecule has 1 spiro atoms. The molecule has 29 heavy (non-hydrogen) atoms. The zero-order valence-electron chi connectivity index (χ0n) is 16.9. The van der Waals surface area contributed by atoms with Crippen LogP contribution in [0.3, 0.4) is 0 Å². The first-order chi connectivity index (χ1) is 13.6. The van der Waals surface area contributed by atoms with E-state index in [1.807, 2.05) is 30.9 Å². The summed E-state index contributed by atoms with van der Waals surface area (Å²) in [4.78, 5) is 2.20. The predicted molar refractivity (Wildman–Crippen MR) is 109 cm³/mol. The van der Waals surface area contributed by atoms with E-state index < -0.39 is 36.8 Å². The van der Waals surface area contributed by atoms with Gasteiger partial charge in [-0.25, -0.2) is 16.8 Å². The van der Waals surface area contributed by atoms with Crippen LogP contribution in [0.2, 0.25) is 0 Å². The molecular formula is C20H29NO6S2. The molecule has 0 N–H and O–H groups in total. The fourth-order valence-electron chi connectivity index (χ4n) is 4.63. The Bertz CT molecular complexity index is 939. The molecule has 162 valence electrons. The molecule has 0 aliphatic carbocycles. The molecule has 3 saturated heterocycles. The van der Waals surface area contributed by atoms with Crippen LogP contribution in [0.25, 0.3) is 0 Å². The topological polar surface area (TPSA) is 90.0 Å². The van der Waals surface area contributed by atoms with Crippen LogP contribution in [0.15, 0.2) is 29.2 Å². The Morgan fingerprint density at radius 1 is 1.03 bits per heavy atom. The van der Waals surface area contributed by atoms with Crippen LogP contribution in [-0.4, -0.2) is 76.6 Å². The third kappa shape index (κ3) is 4.12. The molecule has 1 aromatic rings. The Kier molecular flexibility index (Phi) is 5.57. The number of piperidine rings is 1. The van der Waals surface area contributed by atoms with Crippen LogP contribution in [0.1, 0.15) is 38.2 Å². The Morgan fingerprint density at radius 2 is 1.62 bits per heavy atom. The highest BCUT2D eigenvalue weighted by molar-refractivity contribution is 7.96. The van der Waals surface area contributed by atoms with Crippen LogP contribution < -0.4 is 0 Å². The average Bonchev–Trinajstić information content (AvgIpc) is 3.27. The van der Waals surface area contributed by atoms with Crippen molar-refractivity contribution < 1.29 is 26.3 Å². The Hall–Kier alpha value is -1.00. The van der Waals surface area contributed by atoms with Gasteiger partial charge in [0.1, 0.15) is 0 Å². The molecule has 3 heterocycles. The number of sulfone groups is 2. The van der Waals surface area contributed by atoms with Crippen LogP contribution in [0, 0.1) is 0 Å². The van der Waals surface area contributed by atoms with Crippen molar-refractivity contribution in [3.8, 4) is 0 Å². The first kappa shape index (κ1) is 21.2. The number of rotatable bonds is 4. The summed E-state index contributed by atoms with van der Waals surface area (Å²) in [6.45, 7) is 6.37. The third-order valence-electron chi connectivity index (χ3n) is 6.39. The molecule has 0 bridgehead atoms. The first-order valence-corrected chi connectivity index (χ1v) is 13.5. The highest BCUT2D eigenvalue weighted by Crippen LogP contribution is 2.36. The van der Waals surface area contributed by atoms with E-state index in [1.54, 1.807) is 12.1 Å². The van der Waals surface area contributed by atoms with Gasteiger partial charge in [-0.15, -0.1) is 0 Å². The zero-order chi connectivity index (χ0) is 20.9. The summed E-state index contributed by atoms with van der Waals surface area (Å²) in [6.07, 6.45) is 1.25. The molecule has 0 aromatic heterocycles. The van der Waals surface area contributed by atoms with Crippen LogP contribution >= 0.6 is 0 Å². The van der Waals surface area contributed by atoms with E-state index in [9.17, 15) is 16.8 Å². The van der Waals surface area contributed by atoms with Crippen molar-refractivity contribution in [3.05, 3.63) is 29.8 Å². The van der Waals surface area contributed by atoms with E-state index in [0.29, 0.717) is 45.1 Å². The number of nitrogens with zero attached hydrogens (tertiary/aromatic N) is 1. The minimum Gasteiger partial charge on any atom is -0.347 e. The summed E-state index contributed by atoms with van der Waals surface area (Å²) in [5, 5.41) is -0.947. The second kappa shape index (κ2) is 7.60. The summed E-state index contributed by atoms with van der Waals surface area (Å²) >= 11 is 0. The van der Waals surface area contributed by atoms with Gasteiger partial charge in [-0.1, -0.05) is 26.0 Å². The van der Waals surface area contributed by atoms with E-state index in [2.05, 4.69) is 0 Å². The van der Waals surface area contributed by atoms with Crippen molar-refractivity contribution in [2.24, 2.45) is 0 Å². The van der Waals surface area contributed by atoms with Crippen molar-refractivity contribution in [3.63, 3.8) is 0 Å². The molecule has 3 fully saturated rings. The lowest BCUT2D eigenvalue weighted by molar-refractivity contribution is -0.187. The first-order valence-electron chi connectivity index (χ1n) is 10.2. The maximum Gasteiger partial charge on any atom is 0.183 e. The molecule has 7 nitrogen and oxygen atoms in total. The monoisotopic (exact) mass is 443 g/mol. The lowest BCUT2D eigenvalue weighted by Gasteiger charge is -2.41. The van der Waals surface area contributed by atoms with Gasteiger partial charge < -0.3 is 9.47 Å². The minimum atomic E-state index is -3.76. The molecule has 3 aliphatic rings. The Balaban J connectivity index is 1.57. The molecule has 0 unspecified atom stereocenters. The van der Waals surface area contributed by atoms with Crippen molar-refractivity contribution >= 4 is 19.7 Å². The number of benzene rings is 1. The lowest BCUT2D eigenvalue weighted by Crippen LogP contribution is -2.53. The highest BCUT2D eigenvalue weighted by atomic mass is 32.2. The van der Waals surface area contributed by atoms with Crippen LogP contribution in [0.4, 0.5) is 0 Å². The summed E-state index contributed by atoms with van der Waals surface area (Å²) in [7, 11) is -7.18. The van der Waals surface area contributed by atoms with Gasteiger partial charge in [-0.2, -0.15) is 0 Å². The summed E-state index contributed by atoms with van der Waals surface area (Å²) in [5.41, 5.74) is 1.05. The quantitative estimate of drug-likeness (QED) is 0.698. The summed E-state index contributed by atoms with van der Waals surface area (Å²) < 4.78 is 63.1. The third-order valence-corrected chi connectivity index (χ3v) is 10.5. The van der Waals surface area contributed by atoms with Gasteiger partial charge >= 0.3 is 0 Å². The Morgan fingerprint density at radius 3 is 2.17 bits per heavy atom. The van der Waals surface area contributed by atoms with Gasteiger partial charge in [-0.05, 0) is 23.6 Å². The lowest BCUT2D eigenvalue weighted by atomic mass is 10.0. The predicted octanol–water partition coefficient (Wildman–Crippen LogP) is 1.59. The zero-order valence-corrected chi connectivity index (χ0v) is 18.5. The standard InChI is InChI=1S/C20H29NO6S2/c1-15(2)16-3-5-17(6-4-16)29(24,25)19-14-28(22,23)13-18(19)21-9-7-20(8-10-21)26-11-12-27-20/h3-6,15,18-19H,7-14H2,1-2H3/t18-,19-/m0/s1. The van der Waals surface area contributed by atoms with E-state index >= 15 is 0 Å². The molecule has 0 saturated carbocycles. The van der Waals surface area contributed by atoms with Gasteiger partial charge in [0.05, 0.1) is 34.9 Å². The van der Waals surface area contributed by atoms with Gasteiger partial charge in [0.25, 0.3) is 0 Å². The smallest absolute Gasteiger partial charge is 0.183 e. The molecule has 1 aromatic carbocycles. The number of likely N-dealkylation sites (tertiary alicyclic amines) is 1. The fraction of sp³-hybridized carbons (Fsp3) is 0.700. The van der Waals surface area contributed by atoms with Crippen LogP contribution in [0.5, 0.6) is 0 Å². The van der Waals surface area contributed by atoms with E-state index in [-0.39, 0.29) is 16.4 Å². The van der Waals surface area contributed by atoms with Gasteiger partial charge in [0.15, 0.2) is 25.5 Å². The minimum absolute atomic E-state index is 0.115. The van der Waals surface area contributed by atoms with E-state index in [1.165, 1.54) is 0 Å². The van der Waals surface area contributed by atoms with Crippen molar-refractivity contribution in [1.82, 2.24) is 4.90 Å². The largest absolute Gasteiger partial charge is 0.347 e. The van der Waals surface area contributed by atoms with Crippen molar-refractivity contribution in [2.75, 3.05) is 37.8 Å². The second-order valence-corrected chi connectivity index (χ2v) is 12.9. The SMILES string of the molecule is CC(C)c1ccc(S(=O)(=O)[C@H]2CS(=O)(=O)C[C@@H]2N2CCC3(CC2)OCCO3)cc1. The normalized spacial score (nSPS) is 29.6. The molecule has 9 heteroatoms. The summed E-state index contributed by atoms with van der Waals surface area (Å²) in [6, 6.07) is 6.31. The van der Waals surface area contributed by atoms with E-state index in [0.717, 1.165) is 5.56 Å². The van der Waals surface area contributed by atoms with Gasteiger partial charge in [0.2, 0.25) is 0 Å². The number of hydrogen-bond acceptors (Lipinski definition) is 7. The Labute approximate surface area is 173 Å². The van der Waals surface area contributed by atoms with Gasteiger partial charge in [-0.3, -0.25) is 4.90 Å². The second-order valence-electron chi connectivity index (χ2n) is 8.60. The number of hydrogen-bond donors (Lipinski definition) is 0. The molecular weight excluding hydrogens is 414 g/mol. The fourth-order valence-corrected chi connectivity index (χ4v) is 9.46. The molecule has 2 atom stereocenters. The average molecular weight is 444 g/mol. The van der Waals surface area contributed by atoms with Crippen molar-refractivity contribution in [1.29, 1.82) is 0 Å². The molecule has 3 aliphatic heterocycles. The number of ether oxygens (including phenoxy) is 2. The summed E-state index contributed by atoms with van der Waals surface area (Å²) in [5.74, 6) is -0.710. The molecule has 0 amide bonds. The van der Waals surface area contributed by atoms with E-state index in [4.69, 9.17) is 9.47 Å². The van der Waals surface area contributed by atoms with Crippen molar-refractivity contribution in [2.45, 2.75) is 54.6 Å². The maximum atomic E-state index is 13.4. The van der Waals surface area contributed by atoms with Gasteiger partial charge in [0, 0.05) is 32.0 Å². The highest BCUT2D eigenvalue weighted by Gasteiger charge is 2.50. The maximum absolute atomic E-state index is 13.4. The molecule has 0 radical (unpaired) electrons. The van der Waals surface area contributed by atoms with Crippen LogP contribution in [-0.2, 0) is 29.1 Å². The molecule has 4 rings (SSSR count).